The van der Waals surface area contributed by atoms with E-state index in [1.165, 1.54) is 11.3 Å². The van der Waals surface area contributed by atoms with Crippen molar-refractivity contribution < 1.29 is 9.47 Å². The normalized spacial score (nSPS) is 10.9. The molecule has 0 unspecified atom stereocenters. The van der Waals surface area contributed by atoms with Crippen LogP contribution in [0.1, 0.15) is 12.5 Å². The van der Waals surface area contributed by atoms with E-state index in [2.05, 4.69) is 15.5 Å². The van der Waals surface area contributed by atoms with Gasteiger partial charge in [0.2, 0.25) is 5.13 Å². The molecule has 7 heteroatoms. The van der Waals surface area contributed by atoms with E-state index in [0.29, 0.717) is 28.3 Å². The maximum absolute atomic E-state index is 6.26. The Morgan fingerprint density at radius 3 is 2.81 bits per heavy atom. The number of halogens is 1. The second kappa shape index (κ2) is 8.69. The Bertz CT molecular complexity index is 897. The van der Waals surface area contributed by atoms with Crippen molar-refractivity contribution in [1.29, 1.82) is 0 Å². The quantitative estimate of drug-likeness (QED) is 0.440. The minimum absolute atomic E-state index is 0.480. The predicted octanol–water partition coefficient (Wildman–Crippen LogP) is 5.32. The van der Waals surface area contributed by atoms with Gasteiger partial charge in [0, 0.05) is 10.9 Å². The highest BCUT2D eigenvalue weighted by Gasteiger charge is 2.11. The van der Waals surface area contributed by atoms with E-state index in [4.69, 9.17) is 21.1 Å². The van der Waals surface area contributed by atoms with Crippen LogP contribution in [0.4, 0.5) is 5.13 Å². The standard InChI is InChI=1S/C19H18ClN3O2S/c1-3-25-18-15(20)9-13(10-17(18)24-2)11-21-23-19-22-16(12-26-19)14-7-5-4-6-8-14/h4-12H,3H2,1-2H3,(H,22,23). The van der Waals surface area contributed by atoms with Gasteiger partial charge in [-0.1, -0.05) is 41.9 Å². The first-order valence-corrected chi connectivity index (χ1v) is 9.27. The van der Waals surface area contributed by atoms with Crippen molar-refractivity contribution in [2.75, 3.05) is 19.1 Å². The summed E-state index contributed by atoms with van der Waals surface area (Å²) in [5.41, 5.74) is 5.72. The molecule has 0 bridgehead atoms. The SMILES string of the molecule is CCOc1c(Cl)cc(C=NNc2nc(-c3ccccc3)cs2)cc1OC. The highest BCUT2D eigenvalue weighted by atomic mass is 35.5. The third kappa shape index (κ3) is 4.33. The fourth-order valence-electron chi connectivity index (χ4n) is 2.33. The van der Waals surface area contributed by atoms with Gasteiger partial charge in [0.1, 0.15) is 0 Å². The van der Waals surface area contributed by atoms with Crippen molar-refractivity contribution in [3.63, 3.8) is 0 Å². The molecule has 2 aromatic carbocycles. The summed E-state index contributed by atoms with van der Waals surface area (Å²) in [4.78, 5) is 4.52. The zero-order valence-corrected chi connectivity index (χ0v) is 16.0. The summed E-state index contributed by atoms with van der Waals surface area (Å²) >= 11 is 7.75. The third-order valence-corrected chi connectivity index (χ3v) is 4.52. The van der Waals surface area contributed by atoms with E-state index < -0.39 is 0 Å². The Morgan fingerprint density at radius 1 is 1.27 bits per heavy atom. The number of hydrogen-bond acceptors (Lipinski definition) is 6. The second-order valence-electron chi connectivity index (χ2n) is 5.24. The average Bonchev–Trinajstić information content (AvgIpc) is 3.13. The molecule has 0 aliphatic rings. The van der Waals surface area contributed by atoms with Gasteiger partial charge in [0.05, 0.1) is 30.6 Å². The molecule has 0 saturated carbocycles. The van der Waals surface area contributed by atoms with E-state index in [1.807, 2.05) is 48.7 Å². The molecule has 1 aromatic heterocycles. The lowest BCUT2D eigenvalue weighted by Crippen LogP contribution is -1.98. The molecule has 0 saturated heterocycles. The zero-order chi connectivity index (χ0) is 18.4. The molecule has 0 amide bonds. The maximum atomic E-state index is 6.26. The van der Waals surface area contributed by atoms with Crippen molar-refractivity contribution in [3.05, 3.63) is 58.4 Å². The number of aromatic nitrogens is 1. The van der Waals surface area contributed by atoms with Crippen LogP contribution in [0.3, 0.4) is 0 Å². The second-order valence-corrected chi connectivity index (χ2v) is 6.51. The molecule has 0 radical (unpaired) electrons. The van der Waals surface area contributed by atoms with E-state index in [-0.39, 0.29) is 0 Å². The van der Waals surface area contributed by atoms with E-state index in [9.17, 15) is 0 Å². The predicted molar refractivity (Wildman–Crippen MR) is 108 cm³/mol. The van der Waals surface area contributed by atoms with Crippen molar-refractivity contribution in [2.45, 2.75) is 6.92 Å². The van der Waals surface area contributed by atoms with E-state index in [1.54, 1.807) is 19.4 Å². The Labute approximate surface area is 161 Å². The number of nitrogens with zero attached hydrogens (tertiary/aromatic N) is 2. The largest absolute Gasteiger partial charge is 0.493 e. The Balaban J connectivity index is 1.71. The monoisotopic (exact) mass is 387 g/mol. The molecule has 134 valence electrons. The number of nitrogens with one attached hydrogen (secondary N) is 1. The van der Waals surface area contributed by atoms with Crippen LogP contribution in [0, 0.1) is 0 Å². The average molecular weight is 388 g/mol. The molecule has 0 aliphatic heterocycles. The number of hydrogen-bond donors (Lipinski definition) is 1. The van der Waals surface area contributed by atoms with Crippen molar-refractivity contribution in [2.24, 2.45) is 5.10 Å². The highest BCUT2D eigenvalue weighted by Crippen LogP contribution is 2.36. The molecule has 26 heavy (non-hydrogen) atoms. The minimum atomic E-state index is 0.480. The van der Waals surface area contributed by atoms with Crippen molar-refractivity contribution in [1.82, 2.24) is 4.98 Å². The molecule has 1 heterocycles. The molecule has 0 atom stereocenters. The van der Waals surface area contributed by atoms with Crippen LogP contribution in [0.2, 0.25) is 5.02 Å². The number of rotatable bonds is 7. The summed E-state index contributed by atoms with van der Waals surface area (Å²) in [7, 11) is 1.58. The summed E-state index contributed by atoms with van der Waals surface area (Å²) in [5, 5.41) is 7.41. The summed E-state index contributed by atoms with van der Waals surface area (Å²) in [6.07, 6.45) is 1.66. The van der Waals surface area contributed by atoms with Crippen LogP contribution >= 0.6 is 22.9 Å². The van der Waals surface area contributed by atoms with Gasteiger partial charge in [0.15, 0.2) is 11.5 Å². The molecule has 3 rings (SSSR count). The molecule has 0 spiro atoms. The lowest BCUT2D eigenvalue weighted by molar-refractivity contribution is 0.311. The van der Waals surface area contributed by atoms with E-state index >= 15 is 0 Å². The number of methoxy groups -OCH3 is 1. The van der Waals surface area contributed by atoms with Gasteiger partial charge in [-0.25, -0.2) is 4.98 Å². The van der Waals surface area contributed by atoms with Gasteiger partial charge >= 0.3 is 0 Å². The van der Waals surface area contributed by atoms with Crippen molar-refractivity contribution in [3.8, 4) is 22.8 Å². The minimum Gasteiger partial charge on any atom is -0.493 e. The molecule has 3 aromatic rings. The molecular formula is C19H18ClN3O2S. The lowest BCUT2D eigenvalue weighted by atomic mass is 10.2. The molecule has 5 nitrogen and oxygen atoms in total. The highest BCUT2D eigenvalue weighted by molar-refractivity contribution is 7.14. The van der Waals surface area contributed by atoms with Gasteiger partial charge in [-0.2, -0.15) is 5.10 Å². The fourth-order valence-corrected chi connectivity index (χ4v) is 3.27. The van der Waals surface area contributed by atoms with Crippen LogP contribution in [0.5, 0.6) is 11.5 Å². The molecule has 0 fully saturated rings. The summed E-state index contributed by atoms with van der Waals surface area (Å²) in [6.45, 7) is 2.41. The van der Waals surface area contributed by atoms with Crippen LogP contribution in [0.25, 0.3) is 11.3 Å². The van der Waals surface area contributed by atoms with Crippen LogP contribution in [0.15, 0.2) is 52.9 Å². The van der Waals surface area contributed by atoms with Crippen LogP contribution in [-0.2, 0) is 0 Å². The number of benzene rings is 2. The fraction of sp³-hybridized carbons (Fsp3) is 0.158. The first-order chi connectivity index (χ1) is 12.7. The number of anilines is 1. The smallest absolute Gasteiger partial charge is 0.203 e. The number of ether oxygens (including phenoxy) is 2. The Morgan fingerprint density at radius 2 is 2.08 bits per heavy atom. The van der Waals surface area contributed by atoms with Crippen molar-refractivity contribution >= 4 is 34.3 Å². The number of hydrazone groups is 1. The van der Waals surface area contributed by atoms with Gasteiger partial charge in [-0.05, 0) is 24.6 Å². The summed E-state index contributed by atoms with van der Waals surface area (Å²) < 4.78 is 10.8. The van der Waals surface area contributed by atoms with Crippen LogP contribution in [-0.4, -0.2) is 24.9 Å². The number of thiazole rings is 1. The third-order valence-electron chi connectivity index (χ3n) is 3.49. The van der Waals surface area contributed by atoms with Gasteiger partial charge < -0.3 is 9.47 Å². The Hall–Kier alpha value is -2.57. The Kier molecular flexibility index (Phi) is 6.09. The maximum Gasteiger partial charge on any atom is 0.203 e. The summed E-state index contributed by atoms with van der Waals surface area (Å²) in [5.74, 6) is 1.11. The first kappa shape index (κ1) is 18.2. The summed E-state index contributed by atoms with van der Waals surface area (Å²) in [6, 6.07) is 13.6. The van der Waals surface area contributed by atoms with Crippen LogP contribution < -0.4 is 14.9 Å². The molecule has 1 N–H and O–H groups in total. The topological polar surface area (TPSA) is 55.7 Å². The zero-order valence-electron chi connectivity index (χ0n) is 14.4. The molecule has 0 aliphatic carbocycles. The van der Waals surface area contributed by atoms with Gasteiger partial charge in [-0.3, -0.25) is 5.43 Å². The van der Waals surface area contributed by atoms with Gasteiger partial charge in [0.25, 0.3) is 0 Å². The van der Waals surface area contributed by atoms with Gasteiger partial charge in [-0.15, -0.1) is 11.3 Å². The molecular weight excluding hydrogens is 370 g/mol. The first-order valence-electron chi connectivity index (χ1n) is 8.01. The van der Waals surface area contributed by atoms with E-state index in [0.717, 1.165) is 16.8 Å². The lowest BCUT2D eigenvalue weighted by Gasteiger charge is -2.11.